The molecule has 2 nitrogen and oxygen atoms in total. The molecule has 1 aliphatic rings. The highest BCUT2D eigenvalue weighted by Gasteiger charge is 2.23. The zero-order valence-electron chi connectivity index (χ0n) is 10.00. The minimum Gasteiger partial charge on any atom is -0.328 e. The van der Waals surface area contributed by atoms with Crippen LogP contribution < -0.4 is 5.73 Å². The largest absolute Gasteiger partial charge is 0.328 e. The fraction of sp³-hybridized carbons (Fsp3) is 1.00. The first kappa shape index (κ1) is 12.0. The van der Waals surface area contributed by atoms with Crippen molar-refractivity contribution in [3.63, 3.8) is 0 Å². The number of hydrogen-bond acceptors (Lipinski definition) is 2. The van der Waals surface area contributed by atoms with Gasteiger partial charge in [0, 0.05) is 19.1 Å². The van der Waals surface area contributed by atoms with Crippen LogP contribution in [-0.2, 0) is 0 Å². The molecule has 0 spiro atoms. The zero-order chi connectivity index (χ0) is 10.6. The molecule has 0 aromatic rings. The van der Waals surface area contributed by atoms with Crippen LogP contribution in [0.15, 0.2) is 0 Å². The maximum absolute atomic E-state index is 5.93. The minimum absolute atomic E-state index is 0.484. The van der Waals surface area contributed by atoms with Gasteiger partial charge in [-0.1, -0.05) is 20.8 Å². The van der Waals surface area contributed by atoms with E-state index in [-0.39, 0.29) is 0 Å². The van der Waals surface area contributed by atoms with Gasteiger partial charge in [-0.3, -0.25) is 0 Å². The number of hydrogen-bond donors (Lipinski definition) is 1. The molecule has 0 bridgehead atoms. The highest BCUT2D eigenvalue weighted by Crippen LogP contribution is 2.25. The molecule has 0 aromatic heterocycles. The van der Waals surface area contributed by atoms with Gasteiger partial charge in [0.25, 0.3) is 0 Å². The van der Waals surface area contributed by atoms with Crippen LogP contribution in [0.25, 0.3) is 0 Å². The molecule has 2 unspecified atom stereocenters. The van der Waals surface area contributed by atoms with Crippen molar-refractivity contribution in [2.45, 2.75) is 46.1 Å². The van der Waals surface area contributed by atoms with Gasteiger partial charge in [-0.25, -0.2) is 0 Å². The quantitative estimate of drug-likeness (QED) is 0.733. The molecule has 14 heavy (non-hydrogen) atoms. The molecule has 0 heterocycles. The Hall–Kier alpha value is -0.0800. The third-order valence-electron chi connectivity index (χ3n) is 3.17. The fourth-order valence-corrected chi connectivity index (χ4v) is 2.49. The van der Waals surface area contributed by atoms with Crippen molar-refractivity contribution in [1.82, 2.24) is 4.90 Å². The maximum atomic E-state index is 5.93. The van der Waals surface area contributed by atoms with Gasteiger partial charge < -0.3 is 10.6 Å². The van der Waals surface area contributed by atoms with Crippen molar-refractivity contribution >= 4 is 0 Å². The van der Waals surface area contributed by atoms with Gasteiger partial charge in [-0.05, 0) is 37.6 Å². The Balaban J connectivity index is 2.26. The van der Waals surface area contributed by atoms with E-state index < -0.39 is 0 Å². The first-order chi connectivity index (χ1) is 6.61. The molecule has 2 N–H and O–H groups in total. The number of nitrogens with two attached hydrogens (primary N) is 1. The van der Waals surface area contributed by atoms with Gasteiger partial charge in [0.15, 0.2) is 0 Å². The summed E-state index contributed by atoms with van der Waals surface area (Å²) in [6.07, 6.45) is 3.83. The summed E-state index contributed by atoms with van der Waals surface area (Å²) >= 11 is 0. The van der Waals surface area contributed by atoms with Crippen molar-refractivity contribution < 1.29 is 0 Å². The first-order valence-electron chi connectivity index (χ1n) is 6.09. The Morgan fingerprint density at radius 1 is 1.36 bits per heavy atom. The molecule has 0 saturated heterocycles. The molecule has 0 aromatic carbocycles. The molecule has 0 amide bonds. The van der Waals surface area contributed by atoms with Crippen molar-refractivity contribution in [1.29, 1.82) is 0 Å². The first-order valence-corrected chi connectivity index (χ1v) is 6.09. The summed E-state index contributed by atoms with van der Waals surface area (Å²) in [7, 11) is 0. The maximum Gasteiger partial charge on any atom is 0.00420 e. The van der Waals surface area contributed by atoms with Gasteiger partial charge >= 0.3 is 0 Å². The lowest BCUT2D eigenvalue weighted by atomic mass is 10.1. The van der Waals surface area contributed by atoms with Crippen LogP contribution in [0.4, 0.5) is 0 Å². The number of rotatable bonds is 5. The monoisotopic (exact) mass is 198 g/mol. The molecule has 84 valence electrons. The second kappa shape index (κ2) is 5.72. The highest BCUT2D eigenvalue weighted by molar-refractivity contribution is 4.80. The van der Waals surface area contributed by atoms with Crippen molar-refractivity contribution in [3.05, 3.63) is 0 Å². The van der Waals surface area contributed by atoms with Crippen LogP contribution >= 0.6 is 0 Å². The Labute approximate surface area is 88.8 Å². The van der Waals surface area contributed by atoms with Gasteiger partial charge in [0.1, 0.15) is 0 Å². The predicted octanol–water partition coefficient (Wildman–Crippen LogP) is 2.09. The van der Waals surface area contributed by atoms with Crippen LogP contribution in [0.3, 0.4) is 0 Å². The van der Waals surface area contributed by atoms with Crippen LogP contribution in [0.5, 0.6) is 0 Å². The van der Waals surface area contributed by atoms with Crippen molar-refractivity contribution in [3.8, 4) is 0 Å². The summed E-state index contributed by atoms with van der Waals surface area (Å²) < 4.78 is 0. The normalized spacial score (nSPS) is 27.9. The molecular formula is C12H26N2. The smallest absolute Gasteiger partial charge is 0.00420 e. The van der Waals surface area contributed by atoms with E-state index in [0.29, 0.717) is 6.04 Å². The van der Waals surface area contributed by atoms with E-state index in [4.69, 9.17) is 5.73 Å². The molecule has 1 aliphatic carbocycles. The summed E-state index contributed by atoms with van der Waals surface area (Å²) in [6.45, 7) is 10.5. The standard InChI is InChI=1S/C12H26N2/c1-4-14(8-10(2)3)9-11-5-6-12(13)7-11/h10-12H,4-9,13H2,1-3H3. The van der Waals surface area contributed by atoms with Gasteiger partial charge in [0.2, 0.25) is 0 Å². The lowest BCUT2D eigenvalue weighted by molar-refractivity contribution is 0.218. The fourth-order valence-electron chi connectivity index (χ4n) is 2.49. The second-order valence-electron chi connectivity index (χ2n) is 5.19. The average Bonchev–Trinajstić information content (AvgIpc) is 2.49. The molecular weight excluding hydrogens is 172 g/mol. The van der Waals surface area contributed by atoms with Crippen LogP contribution in [0.1, 0.15) is 40.0 Å². The van der Waals surface area contributed by atoms with Gasteiger partial charge in [-0.15, -0.1) is 0 Å². The number of nitrogens with zero attached hydrogens (tertiary/aromatic N) is 1. The van der Waals surface area contributed by atoms with E-state index >= 15 is 0 Å². The SMILES string of the molecule is CCN(CC(C)C)CC1CCC(N)C1. The van der Waals surface area contributed by atoms with E-state index in [2.05, 4.69) is 25.7 Å². The van der Waals surface area contributed by atoms with E-state index in [1.807, 2.05) is 0 Å². The summed E-state index contributed by atoms with van der Waals surface area (Å²) in [5.41, 5.74) is 5.93. The topological polar surface area (TPSA) is 29.3 Å². The van der Waals surface area contributed by atoms with E-state index in [9.17, 15) is 0 Å². The van der Waals surface area contributed by atoms with Gasteiger partial charge in [0.05, 0.1) is 0 Å². The highest BCUT2D eigenvalue weighted by atomic mass is 15.1. The van der Waals surface area contributed by atoms with E-state index in [1.165, 1.54) is 38.9 Å². The molecule has 2 heteroatoms. The lowest BCUT2D eigenvalue weighted by Gasteiger charge is -2.25. The van der Waals surface area contributed by atoms with Crippen molar-refractivity contribution in [2.24, 2.45) is 17.6 Å². The summed E-state index contributed by atoms with van der Waals surface area (Å²) in [5, 5.41) is 0. The van der Waals surface area contributed by atoms with Gasteiger partial charge in [-0.2, -0.15) is 0 Å². The minimum atomic E-state index is 0.484. The summed E-state index contributed by atoms with van der Waals surface area (Å²) in [5.74, 6) is 1.65. The summed E-state index contributed by atoms with van der Waals surface area (Å²) in [4.78, 5) is 2.58. The average molecular weight is 198 g/mol. The second-order valence-corrected chi connectivity index (χ2v) is 5.19. The molecule has 0 aliphatic heterocycles. The van der Waals surface area contributed by atoms with Crippen LogP contribution in [0, 0.1) is 11.8 Å². The van der Waals surface area contributed by atoms with E-state index in [1.54, 1.807) is 0 Å². The molecule has 0 radical (unpaired) electrons. The summed E-state index contributed by atoms with van der Waals surface area (Å²) in [6, 6.07) is 0.484. The Bertz CT molecular complexity index is 156. The molecule has 1 rings (SSSR count). The third-order valence-corrected chi connectivity index (χ3v) is 3.17. The lowest BCUT2D eigenvalue weighted by Crippen LogP contribution is -2.32. The van der Waals surface area contributed by atoms with Crippen LogP contribution in [0.2, 0.25) is 0 Å². The Morgan fingerprint density at radius 3 is 2.50 bits per heavy atom. The van der Waals surface area contributed by atoms with Crippen LogP contribution in [-0.4, -0.2) is 30.6 Å². The molecule has 1 fully saturated rings. The van der Waals surface area contributed by atoms with E-state index in [0.717, 1.165) is 11.8 Å². The predicted molar refractivity (Wildman–Crippen MR) is 62.3 cm³/mol. The molecule has 1 saturated carbocycles. The Kier molecular flexibility index (Phi) is 4.90. The third kappa shape index (κ3) is 3.97. The zero-order valence-corrected chi connectivity index (χ0v) is 10.00. The Morgan fingerprint density at radius 2 is 2.07 bits per heavy atom. The van der Waals surface area contributed by atoms with Crippen molar-refractivity contribution in [2.75, 3.05) is 19.6 Å². The molecule has 2 atom stereocenters.